The van der Waals surface area contributed by atoms with Crippen molar-refractivity contribution in [1.29, 1.82) is 0 Å². The lowest BCUT2D eigenvalue weighted by molar-refractivity contribution is -0.297. The molecule has 3 fully saturated rings. The van der Waals surface area contributed by atoms with Gasteiger partial charge in [0, 0.05) is 31.1 Å². The lowest BCUT2D eigenvalue weighted by atomic mass is 9.72. The van der Waals surface area contributed by atoms with E-state index >= 15 is 0 Å². The molecule has 16 nitrogen and oxygen atoms in total. The van der Waals surface area contributed by atoms with Gasteiger partial charge in [0.15, 0.2) is 11.9 Å². The molecule has 4 aliphatic rings. The van der Waals surface area contributed by atoms with Gasteiger partial charge in [0.1, 0.15) is 29.7 Å². The van der Waals surface area contributed by atoms with E-state index in [1.54, 1.807) is 7.05 Å². The second-order valence-electron chi connectivity index (χ2n) is 12.9. The fourth-order valence-electron chi connectivity index (χ4n) is 6.79. The van der Waals surface area contributed by atoms with Crippen molar-refractivity contribution in [2.24, 2.45) is 23.1 Å². The number of nitrogens with one attached hydrogen (secondary N) is 4. The smallest absolute Gasteiger partial charge is 0.253 e. The van der Waals surface area contributed by atoms with Crippen molar-refractivity contribution in [3.8, 4) is 0 Å². The molecule has 1 amide bonds. The van der Waals surface area contributed by atoms with Gasteiger partial charge >= 0.3 is 0 Å². The molecule has 13 atom stereocenters. The van der Waals surface area contributed by atoms with E-state index < -0.39 is 84.0 Å². The van der Waals surface area contributed by atoms with Crippen molar-refractivity contribution in [3.63, 3.8) is 0 Å². The zero-order valence-electron chi connectivity index (χ0n) is 25.6. The number of carbonyl (C=O) groups is 1. The predicted octanol–water partition coefficient (Wildman–Crippen LogP) is -5.36. The zero-order valence-corrected chi connectivity index (χ0v) is 25.6. The topological polar surface area (TPSA) is 272 Å². The predicted molar refractivity (Wildman–Crippen MR) is 159 cm³/mol. The number of hydrogen-bond acceptors (Lipinski definition) is 15. The van der Waals surface area contributed by atoms with Crippen LogP contribution in [-0.4, -0.2) is 150 Å². The first kappa shape index (κ1) is 35.3. The Morgan fingerprint density at radius 3 is 2.66 bits per heavy atom. The molecule has 0 aromatic heterocycles. The van der Waals surface area contributed by atoms with Crippen LogP contribution in [0.1, 0.15) is 32.6 Å². The largest absolute Gasteiger partial charge is 0.492 e. The third-order valence-electron chi connectivity index (χ3n) is 9.34. The highest BCUT2D eigenvalue weighted by atomic mass is 16.7. The van der Waals surface area contributed by atoms with Gasteiger partial charge in [0.05, 0.1) is 37.4 Å². The number of nitrogens with two attached hydrogens (primary N) is 3. The number of β-amino-alcohol motifs (C(OH)–C–C–N with tert-alkyl or cyclic N) is 1. The minimum Gasteiger partial charge on any atom is -0.492 e. The fraction of sp³-hybridized carbons (Fsp3) is 0.893. The number of likely N-dealkylation sites (N-methyl/N-ethyl adjacent to an activating group) is 1. The van der Waals surface area contributed by atoms with Crippen LogP contribution in [0.25, 0.3) is 0 Å². The maximum Gasteiger partial charge on any atom is 0.253 e. The SMILES string of the molecule is CN[C@@H]1[C@@H](O)[C@@H](O[C@@H]2[C@@H](O)[C@H](C3OC(CNCC(O)CCN)=CC[C@H]3N)[C@@H](N)C[C@H]2NC(=O)C2(O)CCNC2)OC[C@]1(C)O. The van der Waals surface area contributed by atoms with Crippen LogP contribution in [0.15, 0.2) is 11.8 Å². The Hall–Kier alpha value is -1.51. The van der Waals surface area contributed by atoms with Crippen LogP contribution in [-0.2, 0) is 19.0 Å². The molecule has 3 aliphatic heterocycles. The van der Waals surface area contributed by atoms with Gasteiger partial charge in [-0.1, -0.05) is 0 Å². The lowest BCUT2D eigenvalue weighted by Gasteiger charge is -2.50. The molecule has 0 aromatic rings. The van der Waals surface area contributed by atoms with E-state index in [1.807, 2.05) is 6.08 Å². The molecule has 0 spiro atoms. The Bertz CT molecular complexity index is 985. The highest BCUT2D eigenvalue weighted by Crippen LogP contribution is 2.37. The van der Waals surface area contributed by atoms with Crippen LogP contribution in [0.4, 0.5) is 0 Å². The fourth-order valence-corrected chi connectivity index (χ4v) is 6.79. The average Bonchev–Trinajstić information content (AvgIpc) is 3.41. The van der Waals surface area contributed by atoms with Gasteiger partial charge in [0.25, 0.3) is 5.91 Å². The normalized spacial score (nSPS) is 43.6. The summed E-state index contributed by atoms with van der Waals surface area (Å²) in [6.07, 6.45) is -3.24. The quantitative estimate of drug-likeness (QED) is 0.0958. The lowest BCUT2D eigenvalue weighted by Crippen LogP contribution is -2.70. The molecule has 2 saturated heterocycles. The molecule has 3 unspecified atom stereocenters. The molecule has 1 aliphatic carbocycles. The first-order valence-corrected chi connectivity index (χ1v) is 15.5. The third-order valence-corrected chi connectivity index (χ3v) is 9.34. The molecule has 16 heteroatoms. The standard InChI is InChI=1S/C28H53N7O9/c1-27(40)13-42-25(21(38)24(27)32-2)44-23-18(35-26(39)28(41)6-8-33-12-28)9-17(31)19(20(23)37)22-16(30)4-3-15(43-22)11-34-10-14(36)5-7-29/h3,14,16-25,32-34,36-38,40-41H,4-13,29-31H2,1-2H3,(H,35,39)/t14?,16-,17+,18-,19-,20+,21-,22?,23+,24-,25-,27+,28?/m1/s1. The van der Waals surface area contributed by atoms with E-state index in [9.17, 15) is 30.3 Å². The van der Waals surface area contributed by atoms with E-state index in [-0.39, 0.29) is 26.0 Å². The monoisotopic (exact) mass is 631 g/mol. The third kappa shape index (κ3) is 7.88. The Morgan fingerprint density at radius 1 is 1.25 bits per heavy atom. The molecule has 254 valence electrons. The summed E-state index contributed by atoms with van der Waals surface area (Å²) in [6, 6.07) is -2.87. The van der Waals surface area contributed by atoms with E-state index in [4.69, 9.17) is 31.4 Å². The summed E-state index contributed by atoms with van der Waals surface area (Å²) >= 11 is 0. The summed E-state index contributed by atoms with van der Waals surface area (Å²) in [5, 5.41) is 66.3. The number of aliphatic hydroxyl groups excluding tert-OH is 3. The Morgan fingerprint density at radius 2 is 2.00 bits per heavy atom. The van der Waals surface area contributed by atoms with Gasteiger partial charge in [-0.3, -0.25) is 4.79 Å². The van der Waals surface area contributed by atoms with Gasteiger partial charge in [-0.2, -0.15) is 0 Å². The zero-order chi connectivity index (χ0) is 32.2. The van der Waals surface area contributed by atoms with Crippen molar-refractivity contribution in [2.45, 2.75) is 105 Å². The molecular formula is C28H53N7O9. The van der Waals surface area contributed by atoms with Gasteiger partial charge in [-0.25, -0.2) is 0 Å². The summed E-state index contributed by atoms with van der Waals surface area (Å²) in [7, 11) is 1.59. The van der Waals surface area contributed by atoms with E-state index in [2.05, 4.69) is 21.3 Å². The number of hydrogen-bond donors (Lipinski definition) is 12. The highest BCUT2D eigenvalue weighted by Gasteiger charge is 2.54. The molecule has 3 heterocycles. The van der Waals surface area contributed by atoms with Crippen molar-refractivity contribution < 1.29 is 44.5 Å². The van der Waals surface area contributed by atoms with Gasteiger partial charge < -0.3 is 78.2 Å². The van der Waals surface area contributed by atoms with Gasteiger partial charge in [-0.05, 0) is 58.8 Å². The van der Waals surface area contributed by atoms with Crippen LogP contribution >= 0.6 is 0 Å². The Balaban J connectivity index is 1.53. The van der Waals surface area contributed by atoms with Crippen LogP contribution < -0.4 is 38.5 Å². The number of ether oxygens (including phenoxy) is 3. The maximum absolute atomic E-state index is 13.2. The molecule has 4 rings (SSSR count). The molecule has 1 saturated carbocycles. The molecule has 0 aromatic carbocycles. The molecule has 15 N–H and O–H groups in total. The summed E-state index contributed by atoms with van der Waals surface area (Å²) in [5.41, 5.74) is 15.6. The van der Waals surface area contributed by atoms with Gasteiger partial charge in [0.2, 0.25) is 0 Å². The first-order valence-electron chi connectivity index (χ1n) is 15.5. The van der Waals surface area contributed by atoms with Crippen molar-refractivity contribution in [2.75, 3.05) is 46.4 Å². The van der Waals surface area contributed by atoms with E-state index in [1.165, 1.54) is 6.92 Å². The first-order chi connectivity index (χ1) is 20.8. The highest BCUT2D eigenvalue weighted by molar-refractivity contribution is 5.86. The minimum absolute atomic E-state index is 0.0782. The Kier molecular flexibility index (Phi) is 12.0. The number of amides is 1. The number of aliphatic hydroxyl groups is 5. The van der Waals surface area contributed by atoms with Crippen molar-refractivity contribution in [1.82, 2.24) is 21.3 Å². The average molecular weight is 632 g/mol. The summed E-state index contributed by atoms with van der Waals surface area (Å²) in [4.78, 5) is 13.2. The summed E-state index contributed by atoms with van der Waals surface area (Å²) in [6.45, 7) is 2.93. The second kappa shape index (κ2) is 14.9. The van der Waals surface area contributed by atoms with Crippen LogP contribution in [0.2, 0.25) is 0 Å². The molecule has 0 bridgehead atoms. The van der Waals surface area contributed by atoms with Crippen LogP contribution in [0, 0.1) is 5.92 Å². The summed E-state index contributed by atoms with van der Waals surface area (Å²) in [5.74, 6) is -0.779. The summed E-state index contributed by atoms with van der Waals surface area (Å²) < 4.78 is 18.2. The number of carbonyl (C=O) groups excluding carboxylic acids is 1. The van der Waals surface area contributed by atoms with Crippen LogP contribution in [0.3, 0.4) is 0 Å². The molecule has 44 heavy (non-hydrogen) atoms. The van der Waals surface area contributed by atoms with Crippen LogP contribution in [0.5, 0.6) is 0 Å². The Labute approximate surface area is 258 Å². The minimum atomic E-state index is -1.63. The van der Waals surface area contributed by atoms with E-state index in [0.29, 0.717) is 44.8 Å². The van der Waals surface area contributed by atoms with E-state index in [0.717, 1.165) is 0 Å². The number of rotatable bonds is 12. The van der Waals surface area contributed by atoms with Crippen molar-refractivity contribution in [3.05, 3.63) is 11.8 Å². The molecular weight excluding hydrogens is 578 g/mol. The van der Waals surface area contributed by atoms with Crippen molar-refractivity contribution >= 4 is 5.91 Å². The second-order valence-corrected chi connectivity index (χ2v) is 12.9. The van der Waals surface area contributed by atoms with Gasteiger partial charge in [-0.15, -0.1) is 0 Å². The maximum atomic E-state index is 13.2. The molecule has 0 radical (unpaired) electrons.